The summed E-state index contributed by atoms with van der Waals surface area (Å²) in [6, 6.07) is 2.85. The first-order valence-corrected chi connectivity index (χ1v) is 5.66. The van der Waals surface area contributed by atoms with Gasteiger partial charge in [-0.15, -0.1) is 0 Å². The fourth-order valence-corrected chi connectivity index (χ4v) is 1.55. The summed E-state index contributed by atoms with van der Waals surface area (Å²) in [7, 11) is 0. The fraction of sp³-hybridized carbons (Fsp3) is 0.333. The molecule has 108 valence electrons. The maximum atomic E-state index is 11.5. The van der Waals surface area contributed by atoms with Crippen LogP contribution in [0, 0.1) is 24.0 Å². The molecule has 2 N–H and O–H groups in total. The van der Waals surface area contributed by atoms with E-state index in [1.54, 1.807) is 13.8 Å². The van der Waals surface area contributed by atoms with Crippen molar-refractivity contribution < 1.29 is 24.4 Å². The van der Waals surface area contributed by atoms with E-state index in [4.69, 9.17) is 5.11 Å². The lowest BCUT2D eigenvalue weighted by molar-refractivity contribution is -0.385. The summed E-state index contributed by atoms with van der Waals surface area (Å²) >= 11 is 0. The number of aryl methyl sites for hydroxylation is 2. The number of carboxylic acids is 1. The van der Waals surface area contributed by atoms with E-state index in [1.807, 2.05) is 0 Å². The standard InChI is InChI=1S/C12H14N2O6/c1-7-4-10(14(18)19)8(2)3-9(7)13-11(15)5-20-6-12(16)17/h3-4H,5-6H2,1-2H3,(H,13,15)(H,16,17). The molecule has 0 bridgehead atoms. The molecule has 0 aromatic heterocycles. The summed E-state index contributed by atoms with van der Waals surface area (Å²) < 4.78 is 4.64. The van der Waals surface area contributed by atoms with Gasteiger partial charge >= 0.3 is 5.97 Å². The van der Waals surface area contributed by atoms with Crippen molar-refractivity contribution in [1.82, 2.24) is 0 Å². The minimum atomic E-state index is -1.17. The number of nitro benzene ring substituents is 1. The van der Waals surface area contributed by atoms with Crippen LogP contribution in [-0.2, 0) is 14.3 Å². The maximum absolute atomic E-state index is 11.5. The molecule has 20 heavy (non-hydrogen) atoms. The van der Waals surface area contributed by atoms with E-state index in [2.05, 4.69) is 10.1 Å². The molecular formula is C12H14N2O6. The van der Waals surface area contributed by atoms with Crippen molar-refractivity contribution in [2.24, 2.45) is 0 Å². The second kappa shape index (κ2) is 6.62. The average molecular weight is 282 g/mol. The van der Waals surface area contributed by atoms with Crippen molar-refractivity contribution in [2.45, 2.75) is 13.8 Å². The number of nitro groups is 1. The lowest BCUT2D eigenvalue weighted by Gasteiger charge is -2.09. The first-order chi connectivity index (χ1) is 9.31. The zero-order valence-corrected chi connectivity index (χ0v) is 11.0. The van der Waals surface area contributed by atoms with Crippen LogP contribution < -0.4 is 5.32 Å². The molecule has 0 heterocycles. The Morgan fingerprint density at radius 1 is 1.30 bits per heavy atom. The smallest absolute Gasteiger partial charge is 0.329 e. The number of benzene rings is 1. The molecule has 0 fully saturated rings. The number of ether oxygens (including phenoxy) is 1. The predicted octanol–water partition coefficient (Wildman–Crippen LogP) is 1.25. The molecule has 1 aromatic rings. The molecule has 0 radical (unpaired) electrons. The highest BCUT2D eigenvalue weighted by atomic mass is 16.6. The molecule has 8 heteroatoms. The van der Waals surface area contributed by atoms with Crippen molar-refractivity contribution in [3.63, 3.8) is 0 Å². The largest absolute Gasteiger partial charge is 0.480 e. The van der Waals surface area contributed by atoms with Crippen LogP contribution in [0.25, 0.3) is 0 Å². The van der Waals surface area contributed by atoms with E-state index < -0.39 is 30.0 Å². The van der Waals surface area contributed by atoms with Crippen LogP contribution in [0.4, 0.5) is 11.4 Å². The van der Waals surface area contributed by atoms with Crippen LogP contribution in [0.1, 0.15) is 11.1 Å². The summed E-state index contributed by atoms with van der Waals surface area (Å²) in [5.41, 5.74) is 1.36. The van der Waals surface area contributed by atoms with Crippen LogP contribution in [0.2, 0.25) is 0 Å². The highest BCUT2D eigenvalue weighted by Gasteiger charge is 2.14. The fourth-order valence-electron chi connectivity index (χ4n) is 1.55. The van der Waals surface area contributed by atoms with Crippen molar-refractivity contribution in [1.29, 1.82) is 0 Å². The second-order valence-electron chi connectivity index (χ2n) is 4.15. The number of hydrogen-bond donors (Lipinski definition) is 2. The molecule has 0 saturated heterocycles. The molecular weight excluding hydrogens is 268 g/mol. The monoisotopic (exact) mass is 282 g/mol. The van der Waals surface area contributed by atoms with Crippen LogP contribution in [0.15, 0.2) is 12.1 Å². The average Bonchev–Trinajstić information content (AvgIpc) is 2.32. The Balaban J connectivity index is 2.73. The third kappa shape index (κ3) is 4.32. The molecule has 0 atom stereocenters. The number of carbonyl (C=O) groups excluding carboxylic acids is 1. The van der Waals surface area contributed by atoms with Gasteiger partial charge in [0.1, 0.15) is 13.2 Å². The summed E-state index contributed by atoms with van der Waals surface area (Å²) in [6.45, 7) is 2.22. The number of anilines is 1. The Hall–Kier alpha value is -2.48. The third-order valence-corrected chi connectivity index (χ3v) is 2.47. The van der Waals surface area contributed by atoms with E-state index >= 15 is 0 Å². The zero-order chi connectivity index (χ0) is 15.3. The van der Waals surface area contributed by atoms with Crippen molar-refractivity contribution in [3.05, 3.63) is 33.4 Å². The van der Waals surface area contributed by atoms with Crippen LogP contribution in [0.3, 0.4) is 0 Å². The minimum Gasteiger partial charge on any atom is -0.480 e. The van der Waals surface area contributed by atoms with Crippen molar-refractivity contribution in [2.75, 3.05) is 18.5 Å². The number of hydrogen-bond acceptors (Lipinski definition) is 5. The molecule has 1 amide bonds. The zero-order valence-electron chi connectivity index (χ0n) is 11.0. The third-order valence-electron chi connectivity index (χ3n) is 2.47. The Morgan fingerprint density at radius 2 is 1.95 bits per heavy atom. The van der Waals surface area contributed by atoms with E-state index in [0.29, 0.717) is 16.8 Å². The van der Waals surface area contributed by atoms with Gasteiger partial charge in [-0.25, -0.2) is 4.79 Å². The van der Waals surface area contributed by atoms with Gasteiger partial charge in [-0.1, -0.05) is 0 Å². The summed E-state index contributed by atoms with van der Waals surface area (Å²) in [4.78, 5) is 32.0. The minimum absolute atomic E-state index is 0.0253. The lowest BCUT2D eigenvalue weighted by atomic mass is 10.1. The van der Waals surface area contributed by atoms with Crippen LogP contribution >= 0.6 is 0 Å². The molecule has 0 aliphatic carbocycles. The number of carbonyl (C=O) groups is 2. The summed E-state index contributed by atoms with van der Waals surface area (Å²) in [6.07, 6.45) is 0. The number of amides is 1. The number of carboxylic acid groups (broad SMARTS) is 1. The molecule has 0 saturated carbocycles. The highest BCUT2D eigenvalue weighted by Crippen LogP contribution is 2.25. The van der Waals surface area contributed by atoms with Gasteiger partial charge in [0.25, 0.3) is 5.69 Å². The summed E-state index contributed by atoms with van der Waals surface area (Å²) in [5, 5.41) is 21.6. The Bertz CT molecular complexity index is 555. The van der Waals surface area contributed by atoms with Crippen LogP contribution in [0.5, 0.6) is 0 Å². The first-order valence-electron chi connectivity index (χ1n) is 5.66. The van der Waals surface area contributed by atoms with Gasteiger partial charge in [0, 0.05) is 17.3 Å². The molecule has 1 rings (SSSR count). The topological polar surface area (TPSA) is 119 Å². The molecule has 0 spiro atoms. The van der Waals surface area contributed by atoms with E-state index in [0.717, 1.165) is 0 Å². The highest BCUT2D eigenvalue weighted by molar-refractivity contribution is 5.92. The molecule has 0 aliphatic rings. The predicted molar refractivity (Wildman–Crippen MR) is 69.7 cm³/mol. The molecule has 8 nitrogen and oxygen atoms in total. The van der Waals surface area contributed by atoms with E-state index in [9.17, 15) is 19.7 Å². The van der Waals surface area contributed by atoms with Gasteiger partial charge in [0.2, 0.25) is 5.91 Å². The number of aliphatic carboxylic acids is 1. The van der Waals surface area contributed by atoms with Crippen molar-refractivity contribution >= 4 is 23.3 Å². The van der Waals surface area contributed by atoms with Crippen molar-refractivity contribution in [3.8, 4) is 0 Å². The Kier molecular flexibility index (Phi) is 5.15. The molecule has 1 aromatic carbocycles. The number of nitrogens with zero attached hydrogens (tertiary/aromatic N) is 1. The molecule has 0 unspecified atom stereocenters. The SMILES string of the molecule is Cc1cc([N+](=O)[O-])c(C)cc1NC(=O)COCC(=O)O. The maximum Gasteiger partial charge on any atom is 0.329 e. The van der Waals surface area contributed by atoms with Gasteiger partial charge in [-0.3, -0.25) is 14.9 Å². The van der Waals surface area contributed by atoms with E-state index in [1.165, 1.54) is 12.1 Å². The molecule has 0 aliphatic heterocycles. The Labute approximate surface area is 114 Å². The number of nitrogens with one attached hydrogen (secondary N) is 1. The van der Waals surface area contributed by atoms with E-state index in [-0.39, 0.29) is 5.69 Å². The van der Waals surface area contributed by atoms with Gasteiger partial charge < -0.3 is 15.2 Å². The van der Waals surface area contributed by atoms with Gasteiger partial charge in [0.15, 0.2) is 0 Å². The van der Waals surface area contributed by atoms with Gasteiger partial charge in [-0.2, -0.15) is 0 Å². The van der Waals surface area contributed by atoms with Gasteiger partial charge in [-0.05, 0) is 25.5 Å². The van der Waals surface area contributed by atoms with Gasteiger partial charge in [0.05, 0.1) is 4.92 Å². The lowest BCUT2D eigenvalue weighted by Crippen LogP contribution is -2.21. The summed E-state index contributed by atoms with van der Waals surface area (Å²) in [5.74, 6) is -1.69. The normalized spacial score (nSPS) is 10.1. The van der Waals surface area contributed by atoms with Crippen LogP contribution in [-0.4, -0.2) is 35.1 Å². The Morgan fingerprint density at radius 3 is 2.50 bits per heavy atom. The number of rotatable bonds is 6. The second-order valence-corrected chi connectivity index (χ2v) is 4.15. The first kappa shape index (κ1) is 15.6. The quantitative estimate of drug-likeness (QED) is 0.598.